The summed E-state index contributed by atoms with van der Waals surface area (Å²) in [6, 6.07) is 10.4. The van der Waals surface area contributed by atoms with Crippen LogP contribution in [0.25, 0.3) is 0 Å². The average Bonchev–Trinajstić information content (AvgIpc) is 2.66. The number of amidine groups is 1. The van der Waals surface area contributed by atoms with Crippen LogP contribution in [0.3, 0.4) is 0 Å². The minimum Gasteiger partial charge on any atom is -0.382 e. The largest absolute Gasteiger partial charge is 0.382 e. The SMILES string of the molecule is COCOC[C@@H]1C=CC=CN1C(=N[C@H](COC)C(C)C)c1ccccc1. The minimum absolute atomic E-state index is 0.0597. The number of rotatable bonds is 9. The zero-order valence-corrected chi connectivity index (χ0v) is 16.2. The van der Waals surface area contributed by atoms with Crippen LogP contribution in [0, 0.1) is 5.92 Å². The van der Waals surface area contributed by atoms with Gasteiger partial charge in [0.25, 0.3) is 0 Å². The molecule has 0 saturated heterocycles. The van der Waals surface area contributed by atoms with Gasteiger partial charge in [-0.1, -0.05) is 56.3 Å². The molecule has 0 aromatic heterocycles. The molecule has 142 valence electrons. The highest BCUT2D eigenvalue weighted by atomic mass is 16.7. The standard InChI is InChI=1S/C21H30N2O3/c1-17(2)20(15-24-3)22-21(18-10-6-5-7-11-18)23-13-9-8-12-19(23)14-26-16-25-4/h5-13,17,19-20H,14-16H2,1-4H3/t19-,20+/m0/s1. The zero-order valence-electron chi connectivity index (χ0n) is 16.2. The van der Waals surface area contributed by atoms with Crippen molar-refractivity contribution in [2.24, 2.45) is 10.9 Å². The molecule has 0 radical (unpaired) electrons. The Bertz CT molecular complexity index is 611. The number of aliphatic imine (C=N–C) groups is 1. The van der Waals surface area contributed by atoms with Gasteiger partial charge < -0.3 is 19.1 Å². The van der Waals surface area contributed by atoms with Gasteiger partial charge in [0.15, 0.2) is 0 Å². The fraction of sp³-hybridized carbons (Fsp3) is 0.476. The van der Waals surface area contributed by atoms with E-state index in [1.165, 1.54) is 0 Å². The molecule has 1 aliphatic heterocycles. The fourth-order valence-corrected chi connectivity index (χ4v) is 2.74. The van der Waals surface area contributed by atoms with Crippen LogP contribution in [0.5, 0.6) is 0 Å². The van der Waals surface area contributed by atoms with Gasteiger partial charge in [-0.15, -0.1) is 0 Å². The summed E-state index contributed by atoms with van der Waals surface area (Å²) in [5, 5.41) is 0. The molecule has 2 rings (SSSR count). The molecule has 1 heterocycles. The number of methoxy groups -OCH3 is 2. The van der Waals surface area contributed by atoms with E-state index in [9.17, 15) is 0 Å². The third kappa shape index (κ3) is 5.80. The van der Waals surface area contributed by atoms with Crippen molar-refractivity contribution < 1.29 is 14.2 Å². The highest BCUT2D eigenvalue weighted by Gasteiger charge is 2.23. The molecule has 26 heavy (non-hydrogen) atoms. The van der Waals surface area contributed by atoms with Crippen molar-refractivity contribution in [1.82, 2.24) is 4.90 Å². The van der Waals surface area contributed by atoms with Crippen molar-refractivity contribution in [3.05, 3.63) is 60.3 Å². The Balaban J connectivity index is 2.35. The van der Waals surface area contributed by atoms with E-state index in [-0.39, 0.29) is 18.9 Å². The smallest absolute Gasteiger partial charge is 0.146 e. The van der Waals surface area contributed by atoms with E-state index < -0.39 is 0 Å². The first-order chi connectivity index (χ1) is 12.7. The number of hydrogen-bond donors (Lipinski definition) is 0. The summed E-state index contributed by atoms with van der Waals surface area (Å²) >= 11 is 0. The van der Waals surface area contributed by atoms with Gasteiger partial charge >= 0.3 is 0 Å². The van der Waals surface area contributed by atoms with Crippen LogP contribution in [-0.2, 0) is 14.2 Å². The molecule has 2 atom stereocenters. The van der Waals surface area contributed by atoms with Crippen LogP contribution in [0.15, 0.2) is 59.8 Å². The fourth-order valence-electron chi connectivity index (χ4n) is 2.74. The molecule has 1 aromatic rings. The molecule has 1 aromatic carbocycles. The summed E-state index contributed by atoms with van der Waals surface area (Å²) in [7, 11) is 3.35. The summed E-state index contributed by atoms with van der Waals surface area (Å²) in [4.78, 5) is 7.25. The third-order valence-electron chi connectivity index (χ3n) is 4.21. The highest BCUT2D eigenvalue weighted by molar-refractivity contribution is 6.00. The molecule has 0 spiro atoms. The summed E-state index contributed by atoms with van der Waals surface area (Å²) in [6.45, 7) is 5.73. The Hall–Kier alpha value is -1.95. The second kappa shape index (κ2) is 10.9. The van der Waals surface area contributed by atoms with Gasteiger partial charge in [0.1, 0.15) is 12.6 Å². The lowest BCUT2D eigenvalue weighted by molar-refractivity contribution is -0.0383. The van der Waals surface area contributed by atoms with Gasteiger partial charge in [-0.3, -0.25) is 4.99 Å². The van der Waals surface area contributed by atoms with Crippen LogP contribution in [0.1, 0.15) is 19.4 Å². The molecule has 0 fully saturated rings. The van der Waals surface area contributed by atoms with Crippen molar-refractivity contribution in [3.63, 3.8) is 0 Å². The van der Waals surface area contributed by atoms with Gasteiger partial charge in [-0.05, 0) is 12.0 Å². The summed E-state index contributed by atoms with van der Waals surface area (Å²) in [5.74, 6) is 1.30. The molecule has 0 N–H and O–H groups in total. The Morgan fingerprint density at radius 3 is 2.54 bits per heavy atom. The van der Waals surface area contributed by atoms with Crippen molar-refractivity contribution in [2.75, 3.05) is 34.2 Å². The number of ether oxygens (including phenoxy) is 3. The van der Waals surface area contributed by atoms with Crippen LogP contribution >= 0.6 is 0 Å². The molecule has 0 bridgehead atoms. The molecule has 0 unspecified atom stereocenters. The van der Waals surface area contributed by atoms with Gasteiger partial charge in [0.05, 0.1) is 25.3 Å². The number of allylic oxidation sites excluding steroid dienone is 2. The van der Waals surface area contributed by atoms with E-state index >= 15 is 0 Å². The van der Waals surface area contributed by atoms with Crippen LogP contribution < -0.4 is 0 Å². The number of hydrogen-bond acceptors (Lipinski definition) is 4. The maximum Gasteiger partial charge on any atom is 0.146 e. The van der Waals surface area contributed by atoms with Crippen molar-refractivity contribution in [1.29, 1.82) is 0 Å². The molecular weight excluding hydrogens is 328 g/mol. The minimum atomic E-state index is 0.0597. The highest BCUT2D eigenvalue weighted by Crippen LogP contribution is 2.18. The molecule has 1 aliphatic rings. The van der Waals surface area contributed by atoms with E-state index in [1.807, 2.05) is 30.4 Å². The van der Waals surface area contributed by atoms with E-state index in [0.29, 0.717) is 19.1 Å². The second-order valence-corrected chi connectivity index (χ2v) is 6.56. The number of nitrogens with zero attached hydrogens (tertiary/aromatic N) is 2. The molecule has 5 heteroatoms. The predicted molar refractivity (Wildman–Crippen MR) is 105 cm³/mol. The van der Waals surface area contributed by atoms with E-state index in [4.69, 9.17) is 19.2 Å². The maximum absolute atomic E-state index is 5.61. The molecular formula is C21H30N2O3. The van der Waals surface area contributed by atoms with Crippen LogP contribution in [0.2, 0.25) is 0 Å². The van der Waals surface area contributed by atoms with E-state index in [2.05, 4.69) is 43.2 Å². The average molecular weight is 358 g/mol. The summed E-state index contributed by atoms with van der Waals surface area (Å²) in [6.07, 6.45) is 8.23. The van der Waals surface area contributed by atoms with Crippen molar-refractivity contribution >= 4 is 5.84 Å². The van der Waals surface area contributed by atoms with Gasteiger partial charge in [-0.2, -0.15) is 0 Å². The topological polar surface area (TPSA) is 43.3 Å². The quantitative estimate of drug-likeness (QED) is 0.293. The van der Waals surface area contributed by atoms with Gasteiger partial charge in [0, 0.05) is 26.0 Å². The summed E-state index contributed by atoms with van der Waals surface area (Å²) < 4.78 is 16.0. The Morgan fingerprint density at radius 1 is 1.12 bits per heavy atom. The Labute approximate surface area is 157 Å². The Kier molecular flexibility index (Phi) is 8.54. The predicted octanol–water partition coefficient (Wildman–Crippen LogP) is 3.48. The Morgan fingerprint density at radius 2 is 1.88 bits per heavy atom. The van der Waals surface area contributed by atoms with Crippen LogP contribution in [-0.4, -0.2) is 57.0 Å². The van der Waals surface area contributed by atoms with Gasteiger partial charge in [0.2, 0.25) is 0 Å². The number of benzene rings is 1. The van der Waals surface area contributed by atoms with E-state index in [1.54, 1.807) is 14.2 Å². The zero-order chi connectivity index (χ0) is 18.8. The first-order valence-electron chi connectivity index (χ1n) is 8.99. The lowest BCUT2D eigenvalue weighted by Crippen LogP contribution is -2.41. The summed E-state index contributed by atoms with van der Waals surface area (Å²) in [5.41, 5.74) is 1.07. The monoisotopic (exact) mass is 358 g/mol. The van der Waals surface area contributed by atoms with Gasteiger partial charge in [-0.25, -0.2) is 0 Å². The molecule has 0 aliphatic carbocycles. The second-order valence-electron chi connectivity index (χ2n) is 6.56. The first-order valence-corrected chi connectivity index (χ1v) is 8.99. The molecule has 0 amide bonds. The maximum atomic E-state index is 5.61. The van der Waals surface area contributed by atoms with Crippen molar-refractivity contribution in [3.8, 4) is 0 Å². The van der Waals surface area contributed by atoms with Crippen LogP contribution in [0.4, 0.5) is 0 Å². The normalized spacial score (nSPS) is 18.6. The lowest BCUT2D eigenvalue weighted by Gasteiger charge is -2.32. The molecule has 0 saturated carbocycles. The first kappa shape index (κ1) is 20.4. The third-order valence-corrected chi connectivity index (χ3v) is 4.21. The van der Waals surface area contributed by atoms with Crippen molar-refractivity contribution in [2.45, 2.75) is 25.9 Å². The lowest BCUT2D eigenvalue weighted by atomic mass is 10.0. The van der Waals surface area contributed by atoms with E-state index in [0.717, 1.165) is 11.4 Å². The molecule has 5 nitrogen and oxygen atoms in total.